The first kappa shape index (κ1) is 26.3. The second-order valence-corrected chi connectivity index (χ2v) is 11.8. The first-order valence-corrected chi connectivity index (χ1v) is 14.4. The number of amides is 1. The van der Waals surface area contributed by atoms with Crippen LogP contribution in [0.5, 0.6) is 0 Å². The zero-order valence-electron chi connectivity index (χ0n) is 20.9. The van der Waals surface area contributed by atoms with Crippen LogP contribution in [0.4, 0.5) is 21.8 Å². The van der Waals surface area contributed by atoms with E-state index in [1.54, 1.807) is 12.1 Å². The topological polar surface area (TPSA) is 120 Å². The Morgan fingerprint density at radius 3 is 2.74 bits per heavy atom. The number of sulfonamides is 1. The highest BCUT2D eigenvalue weighted by Gasteiger charge is 2.35. The molecule has 4 heterocycles. The number of aromatic nitrogens is 3. The summed E-state index contributed by atoms with van der Waals surface area (Å²) in [6.45, 7) is 4.01. The van der Waals surface area contributed by atoms with Gasteiger partial charge in [0.25, 0.3) is 5.91 Å². The van der Waals surface area contributed by atoms with Crippen LogP contribution in [-0.4, -0.2) is 64.0 Å². The number of likely N-dealkylation sites (tertiary alicyclic amines) is 1. The number of nitrogens with zero attached hydrogens (tertiary/aromatic N) is 5. The third kappa shape index (κ3) is 5.87. The van der Waals surface area contributed by atoms with E-state index in [2.05, 4.69) is 29.9 Å². The highest BCUT2D eigenvalue weighted by molar-refractivity contribution is 7.92. The fraction of sp³-hybridized carbons (Fsp3) is 0.360. The number of rotatable bonds is 6. The predicted molar refractivity (Wildman–Crippen MR) is 142 cm³/mol. The number of hydrogen-bond donors (Lipinski definition) is 2. The fourth-order valence-electron chi connectivity index (χ4n) is 4.96. The molecule has 5 rings (SSSR count). The van der Waals surface area contributed by atoms with Crippen LogP contribution in [0.25, 0.3) is 0 Å². The van der Waals surface area contributed by atoms with Crippen molar-refractivity contribution in [2.75, 3.05) is 22.8 Å². The highest BCUT2D eigenvalue weighted by atomic mass is 35.5. The van der Waals surface area contributed by atoms with E-state index in [9.17, 15) is 17.6 Å². The van der Waals surface area contributed by atoms with Crippen LogP contribution >= 0.6 is 11.6 Å². The van der Waals surface area contributed by atoms with E-state index in [0.29, 0.717) is 30.3 Å². The van der Waals surface area contributed by atoms with E-state index < -0.39 is 15.8 Å². The molecular formula is C25H27ClFN7O3S. The number of carbonyl (C=O) groups excluding carboxylic acids is 1. The minimum atomic E-state index is -3.49. The van der Waals surface area contributed by atoms with Gasteiger partial charge in [0.1, 0.15) is 11.6 Å². The van der Waals surface area contributed by atoms with Crippen LogP contribution in [-0.2, 0) is 23.1 Å². The Kier molecular flexibility index (Phi) is 7.21. The standard InChI is InChI=1S/C25H27ClFN7O3S/c1-15-9-19(6-8-34(15)24(35)16-5-7-28-23(10-16)32-38(2,36)37)33-13-17-12-29-25(31-22(17)14-33)30-18-3-4-21(27)20(26)11-18/h3-5,7,10-12,15,19H,6,8-9,13-14H2,1-2H3,(H,28,32)(H,29,30,31)/t15-,19-/m1/s1. The van der Waals surface area contributed by atoms with E-state index in [1.807, 2.05) is 18.0 Å². The summed E-state index contributed by atoms with van der Waals surface area (Å²) in [5, 5.41) is 3.10. The van der Waals surface area contributed by atoms with Crippen LogP contribution in [0.3, 0.4) is 0 Å². The lowest BCUT2D eigenvalue weighted by molar-refractivity contribution is 0.0460. The third-order valence-electron chi connectivity index (χ3n) is 6.78. The summed E-state index contributed by atoms with van der Waals surface area (Å²) in [4.78, 5) is 30.5. The van der Waals surface area contributed by atoms with Crippen molar-refractivity contribution in [2.45, 2.75) is 44.9 Å². The molecule has 2 aliphatic rings. The van der Waals surface area contributed by atoms with Gasteiger partial charge in [0.2, 0.25) is 16.0 Å². The highest BCUT2D eigenvalue weighted by Crippen LogP contribution is 2.31. The maximum Gasteiger partial charge on any atom is 0.254 e. The molecule has 1 saturated heterocycles. The lowest BCUT2D eigenvalue weighted by atomic mass is 9.96. The van der Waals surface area contributed by atoms with Crippen LogP contribution in [0.1, 0.15) is 41.4 Å². The van der Waals surface area contributed by atoms with Crippen LogP contribution in [0.2, 0.25) is 5.02 Å². The van der Waals surface area contributed by atoms with Crippen molar-refractivity contribution < 1.29 is 17.6 Å². The summed E-state index contributed by atoms with van der Waals surface area (Å²) in [6, 6.07) is 7.68. The number of halogens is 2. The molecule has 3 aromatic rings. The van der Waals surface area contributed by atoms with Gasteiger partial charge in [0, 0.05) is 60.9 Å². The summed E-state index contributed by atoms with van der Waals surface area (Å²) in [5.74, 6) is -0.0985. The van der Waals surface area contributed by atoms with E-state index in [-0.39, 0.29) is 28.8 Å². The first-order valence-electron chi connectivity index (χ1n) is 12.1. The molecule has 1 fully saturated rings. The largest absolute Gasteiger partial charge is 0.336 e. The maximum atomic E-state index is 13.4. The van der Waals surface area contributed by atoms with Crippen molar-refractivity contribution in [1.82, 2.24) is 24.8 Å². The van der Waals surface area contributed by atoms with Crippen LogP contribution in [0, 0.1) is 5.82 Å². The molecule has 0 radical (unpaired) electrons. The lowest BCUT2D eigenvalue weighted by Crippen LogP contribution is -2.50. The fourth-order valence-corrected chi connectivity index (χ4v) is 5.63. The third-order valence-corrected chi connectivity index (χ3v) is 7.65. The van der Waals surface area contributed by atoms with Gasteiger partial charge in [-0.1, -0.05) is 11.6 Å². The molecule has 200 valence electrons. The second kappa shape index (κ2) is 10.4. The van der Waals surface area contributed by atoms with Crippen molar-refractivity contribution in [3.63, 3.8) is 0 Å². The normalized spacial score (nSPS) is 19.7. The molecule has 0 unspecified atom stereocenters. The molecule has 2 atom stereocenters. The monoisotopic (exact) mass is 559 g/mol. The Hall–Kier alpha value is -3.35. The summed E-state index contributed by atoms with van der Waals surface area (Å²) in [5.41, 5.74) is 2.99. The van der Waals surface area contributed by atoms with Gasteiger partial charge < -0.3 is 10.2 Å². The molecule has 0 aliphatic carbocycles. The minimum absolute atomic E-state index is 0.00372. The van der Waals surface area contributed by atoms with Crippen molar-refractivity contribution in [3.8, 4) is 0 Å². The van der Waals surface area contributed by atoms with Gasteiger partial charge in [0.05, 0.1) is 17.0 Å². The minimum Gasteiger partial charge on any atom is -0.336 e. The van der Waals surface area contributed by atoms with Gasteiger partial charge >= 0.3 is 0 Å². The Morgan fingerprint density at radius 1 is 1.18 bits per heavy atom. The molecule has 2 aliphatic heterocycles. The zero-order valence-corrected chi connectivity index (χ0v) is 22.4. The molecule has 2 N–H and O–H groups in total. The van der Waals surface area contributed by atoms with Crippen LogP contribution in [0.15, 0.2) is 42.7 Å². The van der Waals surface area contributed by atoms with Gasteiger partial charge in [-0.15, -0.1) is 0 Å². The van der Waals surface area contributed by atoms with Crippen molar-refractivity contribution in [1.29, 1.82) is 0 Å². The number of nitrogens with one attached hydrogen (secondary N) is 2. The summed E-state index contributed by atoms with van der Waals surface area (Å²) in [7, 11) is -3.49. The zero-order chi connectivity index (χ0) is 27.0. The van der Waals surface area contributed by atoms with Crippen molar-refractivity contribution in [3.05, 3.63) is 70.4 Å². The molecule has 0 bridgehead atoms. The molecular weight excluding hydrogens is 533 g/mol. The van der Waals surface area contributed by atoms with Gasteiger partial charge in [-0.2, -0.15) is 0 Å². The Bertz CT molecular complexity index is 1490. The van der Waals surface area contributed by atoms with Gasteiger partial charge in [-0.05, 0) is 50.1 Å². The molecule has 0 saturated carbocycles. The van der Waals surface area contributed by atoms with Gasteiger partial charge in [0.15, 0.2) is 0 Å². The molecule has 10 nitrogen and oxygen atoms in total. The summed E-state index contributed by atoms with van der Waals surface area (Å²) >= 11 is 5.87. The molecule has 38 heavy (non-hydrogen) atoms. The molecule has 1 amide bonds. The average Bonchev–Trinajstić information content (AvgIpc) is 3.28. The Morgan fingerprint density at radius 2 is 2.00 bits per heavy atom. The Balaban J connectivity index is 1.21. The quantitative estimate of drug-likeness (QED) is 0.468. The van der Waals surface area contributed by atoms with Crippen molar-refractivity contribution in [2.24, 2.45) is 0 Å². The maximum absolute atomic E-state index is 13.4. The molecule has 1 aromatic carbocycles. The lowest BCUT2D eigenvalue weighted by Gasteiger charge is -2.41. The van der Waals surface area contributed by atoms with E-state index in [4.69, 9.17) is 11.6 Å². The number of anilines is 3. The predicted octanol–water partition coefficient (Wildman–Crippen LogP) is 3.79. The average molecular weight is 560 g/mol. The number of carbonyl (C=O) groups is 1. The SMILES string of the molecule is C[C@@H]1C[C@H](N2Cc3cnc(Nc4ccc(F)c(Cl)c4)nc3C2)CCN1C(=O)c1ccnc(NS(C)(=O)=O)c1. The second-order valence-electron chi connectivity index (χ2n) is 9.65. The van der Waals surface area contributed by atoms with Crippen LogP contribution < -0.4 is 10.0 Å². The molecule has 0 spiro atoms. The van der Waals surface area contributed by atoms with E-state index in [0.717, 1.165) is 36.9 Å². The molecule has 2 aromatic heterocycles. The van der Waals surface area contributed by atoms with Crippen molar-refractivity contribution >= 4 is 45.0 Å². The number of fused-ring (bicyclic) bond motifs is 1. The number of hydrogen-bond acceptors (Lipinski definition) is 8. The Labute approximate surface area is 225 Å². The van der Waals surface area contributed by atoms with Gasteiger partial charge in [-0.25, -0.2) is 27.8 Å². The molecule has 13 heteroatoms. The summed E-state index contributed by atoms with van der Waals surface area (Å²) < 4.78 is 38.8. The van der Waals surface area contributed by atoms with E-state index >= 15 is 0 Å². The number of pyridine rings is 1. The first-order chi connectivity index (χ1) is 18.1. The number of benzene rings is 1. The summed E-state index contributed by atoms with van der Waals surface area (Å²) in [6.07, 6.45) is 5.87. The smallest absolute Gasteiger partial charge is 0.254 e. The van der Waals surface area contributed by atoms with Gasteiger partial charge in [-0.3, -0.25) is 14.4 Å². The van der Waals surface area contributed by atoms with E-state index in [1.165, 1.54) is 24.4 Å². The number of piperidine rings is 1.